The predicted molar refractivity (Wildman–Crippen MR) is 120 cm³/mol. The molecule has 0 N–H and O–H groups in total. The van der Waals surface area contributed by atoms with Gasteiger partial charge in [-0.05, 0) is 37.5 Å². The summed E-state index contributed by atoms with van der Waals surface area (Å²) in [7, 11) is 0. The number of ether oxygens (including phenoxy) is 2. The second-order valence-corrected chi connectivity index (χ2v) is 8.43. The van der Waals surface area contributed by atoms with Crippen LogP contribution in [0, 0.1) is 0 Å². The van der Waals surface area contributed by atoms with Crippen molar-refractivity contribution in [2.24, 2.45) is 0 Å². The standard InChI is InChI=1S/C24H27N3O3S/c1-2-29-24(28)21-10-6-9-19(26-21)17-27-14-11-20(12-15-27)30-22(23-25-13-16-31-23)18-7-4-3-5-8-18/h3-10,13,16,20,22H,2,11-12,14-15,17H2,1H3. The van der Waals surface area contributed by atoms with Crippen LogP contribution >= 0.6 is 11.3 Å². The molecule has 0 saturated carbocycles. The van der Waals surface area contributed by atoms with Crippen LogP contribution in [0.3, 0.4) is 0 Å². The van der Waals surface area contributed by atoms with E-state index in [4.69, 9.17) is 9.47 Å². The number of benzene rings is 1. The lowest BCUT2D eigenvalue weighted by atomic mass is 10.1. The number of rotatable bonds is 8. The van der Waals surface area contributed by atoms with Gasteiger partial charge in [-0.25, -0.2) is 14.8 Å². The maximum atomic E-state index is 11.9. The summed E-state index contributed by atoms with van der Waals surface area (Å²) in [5.41, 5.74) is 2.39. The minimum Gasteiger partial charge on any atom is -0.461 e. The third-order valence-corrected chi connectivity index (χ3v) is 6.14. The van der Waals surface area contributed by atoms with Gasteiger partial charge in [0.05, 0.1) is 18.4 Å². The number of aromatic nitrogens is 2. The normalized spacial score (nSPS) is 16.2. The van der Waals surface area contributed by atoms with E-state index in [2.05, 4.69) is 27.0 Å². The number of hydrogen-bond donors (Lipinski definition) is 0. The van der Waals surface area contributed by atoms with Crippen molar-refractivity contribution in [1.29, 1.82) is 0 Å². The van der Waals surface area contributed by atoms with Gasteiger partial charge in [-0.1, -0.05) is 36.4 Å². The molecule has 3 aromatic rings. The number of nitrogens with zero attached hydrogens (tertiary/aromatic N) is 3. The number of thiazole rings is 1. The molecule has 1 aliphatic rings. The number of pyridine rings is 1. The lowest BCUT2D eigenvalue weighted by molar-refractivity contribution is -0.0283. The number of likely N-dealkylation sites (tertiary alicyclic amines) is 1. The van der Waals surface area contributed by atoms with Gasteiger partial charge in [-0.2, -0.15) is 0 Å². The molecule has 6 nitrogen and oxygen atoms in total. The van der Waals surface area contributed by atoms with Crippen molar-refractivity contribution in [2.75, 3.05) is 19.7 Å². The van der Waals surface area contributed by atoms with Crippen molar-refractivity contribution in [3.8, 4) is 0 Å². The highest BCUT2D eigenvalue weighted by atomic mass is 32.1. The number of carbonyl (C=O) groups excluding carboxylic acids is 1. The first-order chi connectivity index (χ1) is 15.2. The van der Waals surface area contributed by atoms with Crippen LogP contribution in [-0.4, -0.2) is 46.6 Å². The summed E-state index contributed by atoms with van der Waals surface area (Å²) in [6, 6.07) is 15.8. The van der Waals surface area contributed by atoms with Crippen LogP contribution < -0.4 is 0 Å². The number of esters is 1. The molecule has 1 aromatic carbocycles. The predicted octanol–water partition coefficient (Wildman–Crippen LogP) is 4.49. The van der Waals surface area contributed by atoms with Gasteiger partial charge < -0.3 is 9.47 Å². The minimum atomic E-state index is -0.370. The molecule has 4 rings (SSSR count). The summed E-state index contributed by atoms with van der Waals surface area (Å²) in [5.74, 6) is -0.370. The molecular weight excluding hydrogens is 410 g/mol. The van der Waals surface area contributed by atoms with E-state index in [-0.39, 0.29) is 18.2 Å². The summed E-state index contributed by atoms with van der Waals surface area (Å²) in [5, 5.41) is 2.99. The Balaban J connectivity index is 1.34. The molecule has 0 aliphatic carbocycles. The molecular formula is C24H27N3O3S. The summed E-state index contributed by atoms with van der Waals surface area (Å²) >= 11 is 1.63. The van der Waals surface area contributed by atoms with E-state index >= 15 is 0 Å². The van der Waals surface area contributed by atoms with E-state index in [0.29, 0.717) is 18.8 Å². The van der Waals surface area contributed by atoms with E-state index < -0.39 is 0 Å². The van der Waals surface area contributed by atoms with Crippen LogP contribution in [0.15, 0.2) is 60.1 Å². The Bertz CT molecular complexity index is 957. The van der Waals surface area contributed by atoms with Crippen LogP contribution in [0.2, 0.25) is 0 Å². The van der Waals surface area contributed by atoms with Crippen molar-refractivity contribution in [1.82, 2.24) is 14.9 Å². The Morgan fingerprint density at radius 2 is 1.97 bits per heavy atom. The van der Waals surface area contributed by atoms with Gasteiger partial charge in [0.25, 0.3) is 0 Å². The average Bonchev–Trinajstić information content (AvgIpc) is 3.34. The Morgan fingerprint density at radius 3 is 2.68 bits per heavy atom. The molecule has 7 heteroatoms. The van der Waals surface area contributed by atoms with E-state index in [1.165, 1.54) is 0 Å². The summed E-state index contributed by atoms with van der Waals surface area (Å²) in [4.78, 5) is 23.3. The van der Waals surface area contributed by atoms with Crippen molar-refractivity contribution in [3.63, 3.8) is 0 Å². The van der Waals surface area contributed by atoms with Crippen LogP contribution in [0.1, 0.15) is 52.6 Å². The lowest BCUT2D eigenvalue weighted by Crippen LogP contribution is -2.37. The molecule has 0 spiro atoms. The second kappa shape index (κ2) is 10.6. The van der Waals surface area contributed by atoms with Crippen molar-refractivity contribution >= 4 is 17.3 Å². The quantitative estimate of drug-likeness (QED) is 0.484. The fourth-order valence-corrected chi connectivity index (χ4v) is 4.48. The molecule has 31 heavy (non-hydrogen) atoms. The maximum Gasteiger partial charge on any atom is 0.356 e. The third kappa shape index (κ3) is 5.76. The Morgan fingerprint density at radius 1 is 1.16 bits per heavy atom. The zero-order valence-electron chi connectivity index (χ0n) is 17.6. The topological polar surface area (TPSA) is 64.5 Å². The molecule has 0 amide bonds. The van der Waals surface area contributed by atoms with Crippen LogP contribution in [0.4, 0.5) is 0 Å². The highest BCUT2D eigenvalue weighted by Crippen LogP contribution is 2.31. The first-order valence-corrected chi connectivity index (χ1v) is 11.6. The fraction of sp³-hybridized carbons (Fsp3) is 0.375. The zero-order chi connectivity index (χ0) is 21.5. The largest absolute Gasteiger partial charge is 0.461 e. The molecule has 0 bridgehead atoms. The SMILES string of the molecule is CCOC(=O)c1cccc(CN2CCC(OC(c3ccccc3)c3nccs3)CC2)n1. The van der Waals surface area contributed by atoms with Crippen LogP contribution in [-0.2, 0) is 16.0 Å². The number of carbonyl (C=O) groups is 1. The van der Waals surface area contributed by atoms with Gasteiger partial charge in [0.2, 0.25) is 0 Å². The van der Waals surface area contributed by atoms with Crippen LogP contribution in [0.5, 0.6) is 0 Å². The number of hydrogen-bond acceptors (Lipinski definition) is 7. The van der Waals surface area contributed by atoms with E-state index in [1.54, 1.807) is 24.3 Å². The summed E-state index contributed by atoms with van der Waals surface area (Å²) in [6.07, 6.45) is 3.79. The number of piperidine rings is 1. The first kappa shape index (κ1) is 21.6. The molecule has 1 aliphatic heterocycles. The molecule has 1 fully saturated rings. The van der Waals surface area contributed by atoms with Gasteiger partial charge in [0.15, 0.2) is 0 Å². The summed E-state index contributed by atoms with van der Waals surface area (Å²) < 4.78 is 11.6. The molecule has 0 radical (unpaired) electrons. The molecule has 1 saturated heterocycles. The Labute approximate surface area is 186 Å². The summed E-state index contributed by atoms with van der Waals surface area (Å²) in [6.45, 7) is 4.72. The lowest BCUT2D eigenvalue weighted by Gasteiger charge is -2.33. The smallest absolute Gasteiger partial charge is 0.356 e. The van der Waals surface area contributed by atoms with Crippen molar-refractivity contribution < 1.29 is 14.3 Å². The highest BCUT2D eigenvalue weighted by Gasteiger charge is 2.26. The van der Waals surface area contributed by atoms with Crippen molar-refractivity contribution in [3.05, 3.63) is 82.1 Å². The van der Waals surface area contributed by atoms with Gasteiger partial charge in [-0.3, -0.25) is 4.90 Å². The van der Waals surface area contributed by atoms with E-state index in [9.17, 15) is 4.79 Å². The highest BCUT2D eigenvalue weighted by molar-refractivity contribution is 7.09. The van der Waals surface area contributed by atoms with Gasteiger partial charge >= 0.3 is 5.97 Å². The monoisotopic (exact) mass is 437 g/mol. The Hall–Kier alpha value is -2.61. The van der Waals surface area contributed by atoms with Crippen LogP contribution in [0.25, 0.3) is 0 Å². The average molecular weight is 438 g/mol. The first-order valence-electron chi connectivity index (χ1n) is 10.7. The second-order valence-electron chi connectivity index (χ2n) is 7.51. The third-order valence-electron chi connectivity index (χ3n) is 5.32. The Kier molecular flexibility index (Phi) is 7.40. The van der Waals surface area contributed by atoms with Gasteiger partial charge in [0, 0.05) is 31.2 Å². The molecule has 1 atom stereocenters. The molecule has 3 heterocycles. The zero-order valence-corrected chi connectivity index (χ0v) is 18.5. The van der Waals surface area contributed by atoms with Crippen molar-refractivity contribution in [2.45, 2.75) is 38.5 Å². The van der Waals surface area contributed by atoms with Gasteiger partial charge in [0.1, 0.15) is 16.8 Å². The fourth-order valence-electron chi connectivity index (χ4n) is 3.78. The molecule has 162 valence electrons. The van der Waals surface area contributed by atoms with E-state index in [1.807, 2.05) is 41.9 Å². The molecule has 2 aromatic heterocycles. The van der Waals surface area contributed by atoms with Gasteiger partial charge in [-0.15, -0.1) is 11.3 Å². The maximum absolute atomic E-state index is 11.9. The van der Waals surface area contributed by atoms with E-state index in [0.717, 1.165) is 42.2 Å². The molecule has 1 unspecified atom stereocenters. The minimum absolute atomic E-state index is 0.124.